The molecular formula is C32H37F3N10O3. The number of hydrogen-bond acceptors (Lipinski definition) is 8. The number of nitrogens with zero attached hydrogens (tertiary/aromatic N) is 8. The second-order valence-corrected chi connectivity index (χ2v) is 13.8. The lowest BCUT2D eigenvalue weighted by atomic mass is 9.80. The molecule has 1 amide bonds. The maximum atomic E-state index is 13.8. The van der Waals surface area contributed by atoms with Gasteiger partial charge in [0.25, 0.3) is 0 Å². The molecule has 5 aromatic heterocycles. The van der Waals surface area contributed by atoms with Crippen molar-refractivity contribution >= 4 is 39.6 Å². The predicted octanol–water partition coefficient (Wildman–Crippen LogP) is 4.73. The Balaban J connectivity index is 1.24. The first-order valence-corrected chi connectivity index (χ1v) is 15.7. The van der Waals surface area contributed by atoms with Crippen molar-refractivity contribution in [3.05, 3.63) is 47.3 Å². The van der Waals surface area contributed by atoms with Crippen LogP contribution >= 0.6 is 0 Å². The van der Waals surface area contributed by atoms with Crippen LogP contribution in [0.25, 0.3) is 33.3 Å². The van der Waals surface area contributed by atoms with E-state index in [1.165, 1.54) is 15.4 Å². The highest BCUT2D eigenvalue weighted by Crippen LogP contribution is 2.38. The Morgan fingerprint density at radius 3 is 2.50 bits per heavy atom. The van der Waals surface area contributed by atoms with E-state index in [9.17, 15) is 27.9 Å². The van der Waals surface area contributed by atoms with Crippen LogP contribution in [0.4, 0.5) is 24.8 Å². The average Bonchev–Trinajstić information content (AvgIpc) is 3.54. The number of fused-ring (bicyclic) bond motifs is 2. The first-order chi connectivity index (χ1) is 23.8. The number of aliphatic hydroxyl groups is 1. The molecule has 0 aromatic carbocycles. The smallest absolute Gasteiger partial charge is 0.389 e. The van der Waals surface area contributed by atoms with Gasteiger partial charge in [0.15, 0.2) is 0 Å². The van der Waals surface area contributed by atoms with Crippen molar-refractivity contribution in [1.82, 2.24) is 44.0 Å². The van der Waals surface area contributed by atoms with E-state index >= 15 is 0 Å². The van der Waals surface area contributed by atoms with Crippen molar-refractivity contribution in [2.75, 3.05) is 5.32 Å². The minimum absolute atomic E-state index is 0.0226. The third-order valence-electron chi connectivity index (χ3n) is 9.06. The highest BCUT2D eigenvalue weighted by molar-refractivity contribution is 5.91. The highest BCUT2D eigenvalue weighted by Gasteiger charge is 2.38. The van der Waals surface area contributed by atoms with Crippen LogP contribution in [0.1, 0.15) is 69.5 Å². The first-order valence-electron chi connectivity index (χ1n) is 17.2. The Hall–Kier alpha value is -4.73. The third kappa shape index (κ3) is 6.04. The lowest BCUT2D eigenvalue weighted by Crippen LogP contribution is -2.49. The van der Waals surface area contributed by atoms with Crippen LogP contribution in [0, 0.1) is 5.92 Å². The van der Waals surface area contributed by atoms with Gasteiger partial charge in [-0.05, 0) is 71.4 Å². The molecule has 0 saturated heterocycles. The van der Waals surface area contributed by atoms with Crippen molar-refractivity contribution in [3.8, 4) is 11.3 Å². The fraction of sp³-hybridized carbons (Fsp3) is 0.500. The van der Waals surface area contributed by atoms with Gasteiger partial charge in [0, 0.05) is 46.4 Å². The van der Waals surface area contributed by atoms with Gasteiger partial charge in [-0.2, -0.15) is 14.9 Å². The number of nitrogens with one attached hydrogen (secondary N) is 2. The summed E-state index contributed by atoms with van der Waals surface area (Å²) in [6, 6.07) is 4.50. The number of amides is 1. The Morgan fingerprint density at radius 2 is 1.85 bits per heavy atom. The van der Waals surface area contributed by atoms with E-state index in [0.29, 0.717) is 36.7 Å². The SMILES string of the molecule is [2H]C([2H])([2H])n1c(=O)n(C2CCC(C)(NC(=O)C3CC3)CC2)c2cc(Nc3ccc4c(n3)c(-c3cnn(C(F)(F)F)c3)nn4CC(C)(C)O)ncc21. The molecule has 2 fully saturated rings. The number of carbonyl (C=O) groups excluding carboxylic acids is 1. The van der Waals surface area contributed by atoms with Crippen LogP contribution < -0.4 is 16.3 Å². The summed E-state index contributed by atoms with van der Waals surface area (Å²) < 4.78 is 67.9. The molecule has 0 bridgehead atoms. The summed E-state index contributed by atoms with van der Waals surface area (Å²) in [7, 11) is 0. The first kappa shape index (κ1) is 28.3. The Morgan fingerprint density at radius 1 is 1.10 bits per heavy atom. The average molecular weight is 670 g/mol. The second kappa shape index (κ2) is 11.2. The molecular weight excluding hydrogens is 629 g/mol. The second-order valence-electron chi connectivity index (χ2n) is 13.8. The Bertz CT molecular complexity index is 2200. The lowest BCUT2D eigenvalue weighted by Gasteiger charge is -2.38. The van der Waals surface area contributed by atoms with Gasteiger partial charge in [-0.15, -0.1) is 13.2 Å². The topological polar surface area (TPSA) is 150 Å². The summed E-state index contributed by atoms with van der Waals surface area (Å²) in [4.78, 5) is 35.3. The summed E-state index contributed by atoms with van der Waals surface area (Å²) in [5.41, 5.74) is -0.998. The van der Waals surface area contributed by atoms with Crippen molar-refractivity contribution < 1.29 is 27.2 Å². The monoisotopic (exact) mass is 669 g/mol. The maximum Gasteiger partial charge on any atom is 0.504 e. The van der Waals surface area contributed by atoms with Gasteiger partial charge in [0.05, 0.1) is 41.1 Å². The summed E-state index contributed by atoms with van der Waals surface area (Å²) in [5.74, 6) is 0.592. The number of anilines is 2. The molecule has 254 valence electrons. The van der Waals surface area contributed by atoms with Crippen LogP contribution in [-0.2, 0) is 24.6 Å². The van der Waals surface area contributed by atoms with E-state index in [1.54, 1.807) is 32.0 Å². The van der Waals surface area contributed by atoms with Crippen LogP contribution in [0.5, 0.6) is 0 Å². The number of hydrogen-bond donors (Lipinski definition) is 3. The molecule has 13 nitrogen and oxygen atoms in total. The van der Waals surface area contributed by atoms with Gasteiger partial charge in [-0.1, -0.05) is 0 Å². The zero-order valence-corrected chi connectivity index (χ0v) is 26.5. The minimum atomic E-state index is -4.74. The van der Waals surface area contributed by atoms with E-state index in [0.717, 1.165) is 29.8 Å². The zero-order valence-electron chi connectivity index (χ0n) is 29.5. The molecule has 5 aromatic rings. The molecule has 3 N–H and O–H groups in total. The van der Waals surface area contributed by atoms with Gasteiger partial charge in [0.1, 0.15) is 22.8 Å². The molecule has 2 saturated carbocycles. The van der Waals surface area contributed by atoms with Crippen LogP contribution in [0.15, 0.2) is 41.6 Å². The molecule has 2 aliphatic carbocycles. The summed E-state index contributed by atoms with van der Waals surface area (Å²) >= 11 is 0. The molecule has 0 atom stereocenters. The zero-order chi connectivity index (χ0) is 36.7. The maximum absolute atomic E-state index is 13.8. The fourth-order valence-corrected chi connectivity index (χ4v) is 6.43. The minimum Gasteiger partial charge on any atom is -0.389 e. The molecule has 5 heterocycles. The molecule has 2 aliphatic rings. The molecule has 0 unspecified atom stereocenters. The van der Waals surface area contributed by atoms with Gasteiger partial charge < -0.3 is 15.7 Å². The van der Waals surface area contributed by atoms with Crippen molar-refractivity contribution in [2.45, 2.75) is 89.3 Å². The Kier molecular flexibility index (Phi) is 6.59. The molecule has 7 rings (SSSR count). The number of aromatic nitrogens is 8. The number of imidazole rings is 1. The molecule has 0 radical (unpaired) electrons. The van der Waals surface area contributed by atoms with Gasteiger partial charge in [-0.25, -0.2) is 14.8 Å². The third-order valence-corrected chi connectivity index (χ3v) is 9.06. The van der Waals surface area contributed by atoms with Crippen LogP contribution in [0.3, 0.4) is 0 Å². The molecule has 16 heteroatoms. The number of carbonyl (C=O) groups is 1. The predicted molar refractivity (Wildman–Crippen MR) is 171 cm³/mol. The molecule has 48 heavy (non-hydrogen) atoms. The van der Waals surface area contributed by atoms with E-state index in [4.69, 9.17) is 4.11 Å². The van der Waals surface area contributed by atoms with Gasteiger partial charge in [-0.3, -0.25) is 18.6 Å². The van der Waals surface area contributed by atoms with Gasteiger partial charge in [0.2, 0.25) is 5.91 Å². The summed E-state index contributed by atoms with van der Waals surface area (Å²) in [6.07, 6.45) is 2.47. The van der Waals surface area contributed by atoms with Crippen molar-refractivity contribution in [2.24, 2.45) is 12.9 Å². The van der Waals surface area contributed by atoms with Crippen molar-refractivity contribution in [3.63, 3.8) is 0 Å². The molecule has 0 spiro atoms. The van der Waals surface area contributed by atoms with Gasteiger partial charge >= 0.3 is 12.0 Å². The number of pyridine rings is 2. The highest BCUT2D eigenvalue weighted by atomic mass is 19.4. The largest absolute Gasteiger partial charge is 0.504 e. The quantitative estimate of drug-likeness (QED) is 0.215. The normalized spacial score (nSPS) is 21.6. The number of alkyl halides is 3. The van der Waals surface area contributed by atoms with Crippen LogP contribution in [-0.4, -0.2) is 60.8 Å². The van der Waals surface area contributed by atoms with E-state index in [-0.39, 0.29) is 63.0 Å². The number of halogens is 3. The van der Waals surface area contributed by atoms with Crippen LogP contribution in [0.2, 0.25) is 0 Å². The van der Waals surface area contributed by atoms with E-state index in [1.807, 2.05) is 6.92 Å². The van der Waals surface area contributed by atoms with E-state index < -0.39 is 30.1 Å². The Labute approximate surface area is 277 Å². The molecule has 0 aliphatic heterocycles. The standard InChI is InChI=1S/C32H37F3N10O3/c1-30(2,48)17-43-21-7-8-24(39-27(21)26(41-43)19-14-37-44(16-19)32(33,34)35)38-25-13-22-23(15-36-25)42(4)29(47)45(22)20-9-11-31(3,12-10-20)40-28(46)18-5-6-18/h7-8,13-16,18,20,48H,5-6,9-12,17H2,1-4H3,(H,40,46)(H,36,38,39)/i4D3. The van der Waals surface area contributed by atoms with Crippen molar-refractivity contribution in [1.29, 1.82) is 0 Å². The fourth-order valence-electron chi connectivity index (χ4n) is 6.43. The number of aryl methyl sites for hydroxylation is 1. The summed E-state index contributed by atoms with van der Waals surface area (Å²) in [5, 5.41) is 24.6. The lowest BCUT2D eigenvalue weighted by molar-refractivity contribution is -0.212. The van der Waals surface area contributed by atoms with E-state index in [2.05, 4.69) is 30.8 Å². The number of rotatable bonds is 8. The summed E-state index contributed by atoms with van der Waals surface area (Å²) in [6.45, 7) is 2.39.